The van der Waals surface area contributed by atoms with Crippen molar-refractivity contribution in [3.63, 3.8) is 0 Å². The molecule has 2 aromatic carbocycles. The summed E-state index contributed by atoms with van der Waals surface area (Å²) in [5.74, 6) is 1.06. The molecule has 2 aliphatic carbocycles. The first-order valence-electron chi connectivity index (χ1n) is 16.7. The van der Waals surface area contributed by atoms with E-state index in [0.29, 0.717) is 44.2 Å². The van der Waals surface area contributed by atoms with Crippen molar-refractivity contribution >= 4 is 24.2 Å². The Morgan fingerprint density at radius 2 is 1.64 bits per heavy atom. The minimum absolute atomic E-state index is 0.0983. The van der Waals surface area contributed by atoms with Crippen LogP contribution in [0.15, 0.2) is 54.6 Å². The SMILES string of the molecule is O=C[C@H](CCC(=O)N1CCOc2ccccc2C1)NC(=O)[C@H](CC1CCCCC1)NC(=O)OC1CCC(c2ccccc2)CC1. The van der Waals surface area contributed by atoms with E-state index in [4.69, 9.17) is 9.47 Å². The molecule has 2 atom stereocenters. The second kappa shape index (κ2) is 16.4. The molecule has 0 spiro atoms. The lowest BCUT2D eigenvalue weighted by atomic mass is 9.83. The van der Waals surface area contributed by atoms with Gasteiger partial charge in [-0.25, -0.2) is 4.79 Å². The Labute approximate surface area is 266 Å². The van der Waals surface area contributed by atoms with E-state index in [1.54, 1.807) is 4.90 Å². The number of carbonyl (C=O) groups excluding carboxylic acids is 4. The van der Waals surface area contributed by atoms with Crippen molar-refractivity contribution < 1.29 is 28.7 Å². The summed E-state index contributed by atoms with van der Waals surface area (Å²) >= 11 is 0. The Hall–Kier alpha value is -3.88. The van der Waals surface area contributed by atoms with Gasteiger partial charge in [0.1, 0.15) is 30.8 Å². The van der Waals surface area contributed by atoms with E-state index < -0.39 is 24.1 Å². The predicted octanol–water partition coefficient (Wildman–Crippen LogP) is 5.66. The van der Waals surface area contributed by atoms with E-state index in [2.05, 4.69) is 34.9 Å². The zero-order valence-electron chi connectivity index (χ0n) is 26.2. The maximum atomic E-state index is 13.5. The Morgan fingerprint density at radius 1 is 0.911 bits per heavy atom. The molecule has 1 heterocycles. The van der Waals surface area contributed by atoms with Crippen molar-refractivity contribution in [3.8, 4) is 5.75 Å². The van der Waals surface area contributed by atoms with Crippen molar-refractivity contribution in [2.75, 3.05) is 13.2 Å². The molecule has 0 radical (unpaired) electrons. The standard InChI is InChI=1S/C36H47N3O6/c40-25-30(17-20-34(41)39-21-22-44-33-14-8-7-13-29(33)24-39)37-35(42)32(23-26-9-3-1-4-10-26)38-36(43)45-31-18-15-28(16-19-31)27-11-5-2-6-12-27/h2,5-8,11-14,25-26,28,30-32H,1,3-4,9-10,15-24H2,(H,37,42)(H,38,43)/t28?,30-,31?,32-/m0/s1. The molecule has 5 rings (SSSR count). The smallest absolute Gasteiger partial charge is 0.408 e. The summed E-state index contributed by atoms with van der Waals surface area (Å²) in [6.07, 6.45) is 9.58. The Bertz CT molecular complexity index is 1270. The van der Waals surface area contributed by atoms with Gasteiger partial charge >= 0.3 is 6.09 Å². The number of nitrogens with one attached hydrogen (secondary N) is 2. The molecule has 3 amide bonds. The number of hydrogen-bond acceptors (Lipinski definition) is 6. The summed E-state index contributed by atoms with van der Waals surface area (Å²) in [5, 5.41) is 5.64. The molecule has 2 saturated carbocycles. The lowest BCUT2D eigenvalue weighted by Crippen LogP contribution is -2.51. The van der Waals surface area contributed by atoms with Crippen LogP contribution in [0.5, 0.6) is 5.75 Å². The monoisotopic (exact) mass is 617 g/mol. The third-order valence-corrected chi connectivity index (χ3v) is 9.59. The Balaban J connectivity index is 1.12. The van der Waals surface area contributed by atoms with Gasteiger partial charge in [0.2, 0.25) is 11.8 Å². The zero-order chi connectivity index (χ0) is 31.4. The van der Waals surface area contributed by atoms with Gasteiger partial charge in [-0.3, -0.25) is 9.59 Å². The van der Waals surface area contributed by atoms with Crippen LogP contribution in [0.4, 0.5) is 4.79 Å². The first-order chi connectivity index (χ1) is 22.0. The molecule has 9 heteroatoms. The summed E-state index contributed by atoms with van der Waals surface area (Å²) in [7, 11) is 0. The fraction of sp³-hybridized carbons (Fsp3) is 0.556. The number of para-hydroxylation sites is 1. The van der Waals surface area contributed by atoms with Crippen LogP contribution in [0.3, 0.4) is 0 Å². The zero-order valence-corrected chi connectivity index (χ0v) is 26.2. The van der Waals surface area contributed by atoms with Crippen molar-refractivity contribution in [3.05, 3.63) is 65.7 Å². The van der Waals surface area contributed by atoms with Gasteiger partial charge in [0, 0.05) is 18.5 Å². The molecular formula is C36H47N3O6. The summed E-state index contributed by atoms with van der Waals surface area (Å²) in [4.78, 5) is 53.3. The second-order valence-corrected chi connectivity index (χ2v) is 12.8. The summed E-state index contributed by atoms with van der Waals surface area (Å²) < 4.78 is 11.6. The molecule has 0 bridgehead atoms. The number of rotatable bonds is 11. The number of carbonyl (C=O) groups is 4. The highest BCUT2D eigenvalue weighted by atomic mass is 16.6. The molecule has 9 nitrogen and oxygen atoms in total. The van der Waals surface area contributed by atoms with Crippen molar-refractivity contribution in [2.45, 2.75) is 108 Å². The van der Waals surface area contributed by atoms with Crippen molar-refractivity contribution in [1.29, 1.82) is 0 Å². The largest absolute Gasteiger partial charge is 0.491 e. The molecule has 3 aliphatic rings. The molecule has 2 N–H and O–H groups in total. The molecular weight excluding hydrogens is 570 g/mol. The van der Waals surface area contributed by atoms with E-state index >= 15 is 0 Å². The highest BCUT2D eigenvalue weighted by Gasteiger charge is 2.31. The van der Waals surface area contributed by atoms with E-state index in [1.807, 2.05) is 30.3 Å². The van der Waals surface area contributed by atoms with Crippen LogP contribution in [0.2, 0.25) is 0 Å². The first-order valence-corrected chi connectivity index (χ1v) is 16.7. The van der Waals surface area contributed by atoms with Crippen LogP contribution in [0, 0.1) is 5.92 Å². The van der Waals surface area contributed by atoms with Crippen LogP contribution in [0.1, 0.15) is 94.1 Å². The molecule has 1 aliphatic heterocycles. The van der Waals surface area contributed by atoms with Gasteiger partial charge in [0.15, 0.2) is 0 Å². The van der Waals surface area contributed by atoms with Gasteiger partial charge in [0.25, 0.3) is 0 Å². The summed E-state index contributed by atoms with van der Waals surface area (Å²) in [6.45, 7) is 1.29. The number of nitrogens with zero attached hydrogens (tertiary/aromatic N) is 1. The van der Waals surface area contributed by atoms with Gasteiger partial charge in [-0.15, -0.1) is 0 Å². The van der Waals surface area contributed by atoms with E-state index in [-0.39, 0.29) is 24.9 Å². The predicted molar refractivity (Wildman–Crippen MR) is 171 cm³/mol. The van der Waals surface area contributed by atoms with Gasteiger partial charge in [-0.2, -0.15) is 0 Å². The maximum Gasteiger partial charge on any atom is 0.408 e. The minimum atomic E-state index is -0.836. The lowest BCUT2D eigenvalue weighted by molar-refractivity contribution is -0.132. The Morgan fingerprint density at radius 3 is 2.40 bits per heavy atom. The average molecular weight is 618 g/mol. The molecule has 242 valence electrons. The van der Waals surface area contributed by atoms with E-state index in [1.165, 1.54) is 12.0 Å². The molecule has 0 aromatic heterocycles. The molecule has 2 fully saturated rings. The first kappa shape index (κ1) is 32.5. The fourth-order valence-corrected chi connectivity index (χ4v) is 6.99. The van der Waals surface area contributed by atoms with E-state index in [9.17, 15) is 19.2 Å². The van der Waals surface area contributed by atoms with Gasteiger partial charge in [-0.1, -0.05) is 80.6 Å². The van der Waals surface area contributed by atoms with E-state index in [0.717, 1.165) is 62.7 Å². The summed E-state index contributed by atoms with van der Waals surface area (Å²) in [6, 6.07) is 16.4. The number of alkyl carbamates (subject to hydrolysis) is 1. The normalized spacial score (nSPS) is 21.6. The number of fused-ring (bicyclic) bond motifs is 1. The number of benzene rings is 2. The second-order valence-electron chi connectivity index (χ2n) is 12.8. The molecule has 2 aromatic rings. The van der Waals surface area contributed by atoms with Crippen molar-refractivity contribution in [2.24, 2.45) is 5.92 Å². The minimum Gasteiger partial charge on any atom is -0.491 e. The van der Waals surface area contributed by atoms with Crippen molar-refractivity contribution in [1.82, 2.24) is 15.5 Å². The number of ether oxygens (including phenoxy) is 2. The molecule has 0 unspecified atom stereocenters. The van der Waals surface area contributed by atoms with Crippen LogP contribution < -0.4 is 15.4 Å². The molecule has 45 heavy (non-hydrogen) atoms. The fourth-order valence-electron chi connectivity index (χ4n) is 6.99. The van der Waals surface area contributed by atoms with Crippen LogP contribution in [-0.4, -0.2) is 60.4 Å². The highest BCUT2D eigenvalue weighted by Crippen LogP contribution is 2.34. The third-order valence-electron chi connectivity index (χ3n) is 9.59. The third kappa shape index (κ3) is 9.55. The van der Waals surface area contributed by atoms with Gasteiger partial charge in [0.05, 0.1) is 12.6 Å². The Kier molecular flexibility index (Phi) is 11.9. The summed E-state index contributed by atoms with van der Waals surface area (Å²) in [5.41, 5.74) is 2.26. The molecule has 0 saturated heterocycles. The average Bonchev–Trinajstić information content (AvgIpc) is 3.30. The van der Waals surface area contributed by atoms with Gasteiger partial charge in [-0.05, 0) is 62.0 Å². The van der Waals surface area contributed by atoms with Gasteiger partial charge < -0.3 is 29.8 Å². The van der Waals surface area contributed by atoms with Crippen LogP contribution >= 0.6 is 0 Å². The maximum absolute atomic E-state index is 13.5. The quantitative estimate of drug-likeness (QED) is 0.315. The highest BCUT2D eigenvalue weighted by molar-refractivity contribution is 5.87. The van der Waals surface area contributed by atoms with Crippen LogP contribution in [-0.2, 0) is 25.7 Å². The number of aldehydes is 1. The number of amides is 3. The topological polar surface area (TPSA) is 114 Å². The van der Waals surface area contributed by atoms with Crippen LogP contribution in [0.25, 0.3) is 0 Å². The lowest BCUT2D eigenvalue weighted by Gasteiger charge is -2.30. The number of hydrogen-bond donors (Lipinski definition) is 2.